The maximum Gasteiger partial charge on any atom is 0.328 e. The minimum absolute atomic E-state index is 0.107. The average Bonchev–Trinajstić information content (AvgIpc) is 3.55. The molecule has 4 N–H and O–H groups in total. The molecule has 2 saturated heterocycles. The molecule has 1 aromatic heterocycles. The number of esters is 1. The number of carbonyl (C=O) groups excluding carboxylic acids is 3. The number of nitrogens with one attached hydrogen (secondary N) is 3. The Balaban J connectivity index is 1.40. The van der Waals surface area contributed by atoms with Crippen molar-refractivity contribution in [2.45, 2.75) is 76.1 Å². The largest absolute Gasteiger partial charge is 0.496 e. The molecule has 1 aliphatic carbocycles. The van der Waals surface area contributed by atoms with Gasteiger partial charge in [-0.2, -0.15) is 0 Å². The number of rotatable bonds is 7. The van der Waals surface area contributed by atoms with E-state index < -0.39 is 24.3 Å². The standard InChI is InChI=1S/C29H40N4O6/c1-38-24-10-6-9-20-19(24)15-21(31-20)27(36)33-17-29(11-4-3-5-12-29)16-23(33)26(35)32-22(28(37)39-2)14-18-8-7-13-30-25(18)34/h6,9-10,15,18,22-23,25,30-31,34H,3-5,7-8,11-14,16-17H2,1-2H3,(H,32,35)/t18-,22-,23?,25?/m0/s1. The molecule has 1 aromatic carbocycles. The van der Waals surface area contributed by atoms with Crippen LogP contribution in [0.2, 0.25) is 0 Å². The maximum absolute atomic E-state index is 13.9. The number of fused-ring (bicyclic) bond motifs is 1. The van der Waals surface area contributed by atoms with Gasteiger partial charge in [0.1, 0.15) is 29.8 Å². The quantitative estimate of drug-likeness (QED) is 0.397. The first-order valence-electron chi connectivity index (χ1n) is 14.1. The van der Waals surface area contributed by atoms with Crippen LogP contribution in [0.25, 0.3) is 10.9 Å². The number of hydrogen-bond donors (Lipinski definition) is 4. The second-order valence-electron chi connectivity index (χ2n) is 11.4. The number of methoxy groups -OCH3 is 2. The summed E-state index contributed by atoms with van der Waals surface area (Å²) in [5.41, 5.74) is 1.08. The average molecular weight is 541 g/mol. The summed E-state index contributed by atoms with van der Waals surface area (Å²) in [6.07, 6.45) is 6.99. The molecule has 4 atom stereocenters. The summed E-state index contributed by atoms with van der Waals surface area (Å²) in [4.78, 5) is 45.4. The van der Waals surface area contributed by atoms with Crippen molar-refractivity contribution >= 4 is 28.7 Å². The number of H-pyrrole nitrogens is 1. The molecule has 39 heavy (non-hydrogen) atoms. The fourth-order valence-corrected chi connectivity index (χ4v) is 6.86. The first-order chi connectivity index (χ1) is 18.8. The van der Waals surface area contributed by atoms with E-state index >= 15 is 0 Å². The van der Waals surface area contributed by atoms with Gasteiger partial charge in [0.15, 0.2) is 0 Å². The first kappa shape index (κ1) is 27.5. The summed E-state index contributed by atoms with van der Waals surface area (Å²) in [7, 11) is 2.89. The third-order valence-electron chi connectivity index (χ3n) is 8.95. The van der Waals surface area contributed by atoms with Crippen molar-refractivity contribution < 1.29 is 29.0 Å². The van der Waals surface area contributed by atoms with Crippen LogP contribution in [0.1, 0.15) is 68.3 Å². The van der Waals surface area contributed by atoms with Crippen LogP contribution in [0.3, 0.4) is 0 Å². The highest BCUT2D eigenvalue weighted by molar-refractivity contribution is 6.02. The fourth-order valence-electron chi connectivity index (χ4n) is 6.86. The van der Waals surface area contributed by atoms with Crippen molar-refractivity contribution in [2.24, 2.45) is 11.3 Å². The number of amides is 2. The lowest BCUT2D eigenvalue weighted by atomic mass is 9.72. The normalized spacial score (nSPS) is 25.4. The van der Waals surface area contributed by atoms with E-state index in [1.807, 2.05) is 18.2 Å². The van der Waals surface area contributed by atoms with Crippen LogP contribution in [0.5, 0.6) is 5.75 Å². The van der Waals surface area contributed by atoms with Gasteiger partial charge in [0.2, 0.25) is 5.91 Å². The first-order valence-corrected chi connectivity index (χ1v) is 14.1. The summed E-state index contributed by atoms with van der Waals surface area (Å²) in [6.45, 7) is 1.22. The van der Waals surface area contributed by atoms with Crippen LogP contribution in [0, 0.1) is 11.3 Å². The highest BCUT2D eigenvalue weighted by atomic mass is 16.5. The van der Waals surface area contributed by atoms with Crippen LogP contribution in [-0.4, -0.2) is 78.4 Å². The van der Waals surface area contributed by atoms with Gasteiger partial charge in [0, 0.05) is 23.4 Å². The third-order valence-corrected chi connectivity index (χ3v) is 8.95. The molecule has 0 bridgehead atoms. The Labute approximate surface area is 228 Å². The van der Waals surface area contributed by atoms with E-state index in [0.29, 0.717) is 31.0 Å². The number of ether oxygens (including phenoxy) is 2. The van der Waals surface area contributed by atoms with E-state index in [1.54, 1.807) is 18.1 Å². The van der Waals surface area contributed by atoms with Crippen LogP contribution in [-0.2, 0) is 14.3 Å². The van der Waals surface area contributed by atoms with Gasteiger partial charge in [-0.25, -0.2) is 4.79 Å². The van der Waals surface area contributed by atoms with E-state index in [4.69, 9.17) is 9.47 Å². The molecule has 2 amide bonds. The van der Waals surface area contributed by atoms with E-state index in [9.17, 15) is 19.5 Å². The van der Waals surface area contributed by atoms with Crippen LogP contribution >= 0.6 is 0 Å². The zero-order valence-electron chi connectivity index (χ0n) is 22.8. The van der Waals surface area contributed by atoms with Crippen molar-refractivity contribution in [2.75, 3.05) is 27.3 Å². The Kier molecular flexibility index (Phi) is 8.13. The van der Waals surface area contributed by atoms with Crippen LogP contribution in [0.4, 0.5) is 0 Å². The number of aliphatic hydroxyl groups is 1. The van der Waals surface area contributed by atoms with Gasteiger partial charge >= 0.3 is 5.97 Å². The summed E-state index contributed by atoms with van der Waals surface area (Å²) >= 11 is 0. The monoisotopic (exact) mass is 540 g/mol. The number of hydrogen-bond acceptors (Lipinski definition) is 7. The number of nitrogens with zero attached hydrogens (tertiary/aromatic N) is 1. The smallest absolute Gasteiger partial charge is 0.328 e. The van der Waals surface area contributed by atoms with Crippen molar-refractivity contribution in [3.05, 3.63) is 30.0 Å². The molecule has 10 nitrogen and oxygen atoms in total. The predicted molar refractivity (Wildman–Crippen MR) is 145 cm³/mol. The number of piperidine rings is 1. The highest BCUT2D eigenvalue weighted by Crippen LogP contribution is 2.47. The number of aliphatic hydroxyl groups excluding tert-OH is 1. The Morgan fingerprint density at radius 1 is 1.18 bits per heavy atom. The molecule has 3 heterocycles. The summed E-state index contributed by atoms with van der Waals surface area (Å²) < 4.78 is 10.5. The molecule has 2 unspecified atom stereocenters. The molecule has 0 radical (unpaired) electrons. The molecule has 3 fully saturated rings. The zero-order valence-corrected chi connectivity index (χ0v) is 22.8. The molecular formula is C29H40N4O6. The SMILES string of the molecule is COC(=O)[C@H](C[C@@H]1CCCNC1O)NC(=O)C1CC2(CCCCC2)CN1C(=O)c1cc2c(OC)cccc2[nH]1. The predicted octanol–water partition coefficient (Wildman–Crippen LogP) is 2.71. The summed E-state index contributed by atoms with van der Waals surface area (Å²) in [5.74, 6) is -0.657. The minimum atomic E-state index is -0.903. The summed E-state index contributed by atoms with van der Waals surface area (Å²) in [6, 6.07) is 5.78. The summed E-state index contributed by atoms with van der Waals surface area (Å²) in [5, 5.41) is 17.1. The minimum Gasteiger partial charge on any atom is -0.496 e. The van der Waals surface area contributed by atoms with Crippen LogP contribution < -0.4 is 15.4 Å². The van der Waals surface area contributed by atoms with Crippen molar-refractivity contribution in [3.63, 3.8) is 0 Å². The Morgan fingerprint density at radius 2 is 1.97 bits per heavy atom. The van der Waals surface area contributed by atoms with E-state index in [2.05, 4.69) is 15.6 Å². The lowest BCUT2D eigenvalue weighted by Gasteiger charge is -2.32. The van der Waals surface area contributed by atoms with E-state index in [-0.39, 0.29) is 29.6 Å². The number of carbonyl (C=O) groups is 3. The van der Waals surface area contributed by atoms with Gasteiger partial charge in [-0.05, 0) is 68.7 Å². The Hall–Kier alpha value is -3.11. The number of aromatic nitrogens is 1. The topological polar surface area (TPSA) is 133 Å². The van der Waals surface area contributed by atoms with E-state index in [1.165, 1.54) is 7.11 Å². The maximum atomic E-state index is 13.9. The van der Waals surface area contributed by atoms with E-state index in [0.717, 1.165) is 55.8 Å². The second-order valence-corrected chi connectivity index (χ2v) is 11.4. The number of likely N-dealkylation sites (tertiary alicyclic amines) is 1. The zero-order chi connectivity index (χ0) is 27.6. The number of benzene rings is 1. The van der Waals surface area contributed by atoms with Gasteiger partial charge in [0.05, 0.1) is 14.2 Å². The lowest BCUT2D eigenvalue weighted by Crippen LogP contribution is -2.53. The fraction of sp³-hybridized carbons (Fsp3) is 0.621. The van der Waals surface area contributed by atoms with Gasteiger partial charge in [0.25, 0.3) is 5.91 Å². The van der Waals surface area contributed by atoms with Gasteiger partial charge in [-0.15, -0.1) is 0 Å². The van der Waals surface area contributed by atoms with Gasteiger partial charge in [-0.1, -0.05) is 25.3 Å². The van der Waals surface area contributed by atoms with Crippen molar-refractivity contribution in [3.8, 4) is 5.75 Å². The molecular weight excluding hydrogens is 500 g/mol. The van der Waals surface area contributed by atoms with Crippen molar-refractivity contribution in [1.29, 1.82) is 0 Å². The Bertz CT molecular complexity index is 1210. The van der Waals surface area contributed by atoms with Gasteiger partial charge < -0.3 is 29.8 Å². The molecule has 212 valence electrons. The second kappa shape index (κ2) is 11.6. The van der Waals surface area contributed by atoms with Gasteiger partial charge in [-0.3, -0.25) is 14.9 Å². The molecule has 2 aromatic rings. The number of aromatic amines is 1. The highest BCUT2D eigenvalue weighted by Gasteiger charge is 2.49. The third kappa shape index (κ3) is 5.63. The molecule has 2 aliphatic heterocycles. The van der Waals surface area contributed by atoms with Crippen LogP contribution in [0.15, 0.2) is 24.3 Å². The molecule has 3 aliphatic rings. The molecule has 5 rings (SSSR count). The molecule has 1 spiro atoms. The molecule has 1 saturated carbocycles. The molecule has 10 heteroatoms. The Morgan fingerprint density at radius 3 is 2.69 bits per heavy atom. The lowest BCUT2D eigenvalue weighted by molar-refractivity contribution is -0.146. The van der Waals surface area contributed by atoms with Crippen molar-refractivity contribution in [1.82, 2.24) is 20.5 Å².